The number of alkyl halides is 3. The molecule has 168 valence electrons. The predicted molar refractivity (Wildman–Crippen MR) is 113 cm³/mol. The highest BCUT2D eigenvalue weighted by Gasteiger charge is 2.41. The van der Waals surface area contributed by atoms with Crippen LogP contribution in [0.1, 0.15) is 9.75 Å². The average molecular weight is 465 g/mol. The van der Waals surface area contributed by atoms with Crippen LogP contribution in [-0.2, 0) is 12.7 Å². The maximum Gasteiger partial charge on any atom is 0.425 e. The van der Waals surface area contributed by atoms with Gasteiger partial charge in [0.15, 0.2) is 0 Å². The maximum atomic E-state index is 13.2. The molecule has 4 heterocycles. The average Bonchev–Trinajstić information content (AvgIpc) is 3.44. The number of fused-ring (bicyclic) bond motifs is 1. The number of nitrogens with zero attached hydrogens (tertiary/aromatic N) is 5. The fourth-order valence-electron chi connectivity index (χ4n) is 4.41. The van der Waals surface area contributed by atoms with Crippen molar-refractivity contribution < 1.29 is 17.6 Å². The van der Waals surface area contributed by atoms with E-state index < -0.39 is 16.7 Å². The highest BCUT2D eigenvalue weighted by atomic mass is 32.1. The zero-order chi connectivity index (χ0) is 22.5. The summed E-state index contributed by atoms with van der Waals surface area (Å²) in [7, 11) is 0. The van der Waals surface area contributed by atoms with Crippen molar-refractivity contribution in [2.75, 3.05) is 36.0 Å². The first-order chi connectivity index (χ1) is 15.3. The molecule has 2 aliphatic heterocycles. The normalized spacial score (nSPS) is 20.8. The van der Waals surface area contributed by atoms with Crippen molar-refractivity contribution in [3.63, 3.8) is 0 Å². The van der Waals surface area contributed by atoms with Gasteiger partial charge in [-0.05, 0) is 36.4 Å². The second kappa shape index (κ2) is 7.88. The summed E-state index contributed by atoms with van der Waals surface area (Å²) in [5, 5.41) is 0. The van der Waals surface area contributed by atoms with Crippen molar-refractivity contribution in [1.29, 1.82) is 0 Å². The van der Waals surface area contributed by atoms with Crippen LogP contribution in [0.2, 0.25) is 0 Å². The minimum absolute atomic E-state index is 0.00224. The van der Waals surface area contributed by atoms with E-state index >= 15 is 0 Å². The molecule has 0 amide bonds. The van der Waals surface area contributed by atoms with Gasteiger partial charge in [-0.1, -0.05) is 0 Å². The van der Waals surface area contributed by atoms with Crippen molar-refractivity contribution in [2.24, 2.45) is 11.8 Å². The van der Waals surface area contributed by atoms with E-state index in [0.717, 1.165) is 24.8 Å². The molecule has 2 fully saturated rings. The van der Waals surface area contributed by atoms with Gasteiger partial charge in [-0.25, -0.2) is 14.2 Å². The van der Waals surface area contributed by atoms with E-state index in [-0.39, 0.29) is 12.4 Å². The van der Waals surface area contributed by atoms with Crippen LogP contribution in [0.3, 0.4) is 0 Å². The third-order valence-corrected chi connectivity index (χ3v) is 7.10. The predicted octanol–water partition coefficient (Wildman–Crippen LogP) is 3.48. The molecular formula is C21H19F4N5OS. The van der Waals surface area contributed by atoms with Gasteiger partial charge < -0.3 is 9.80 Å². The van der Waals surface area contributed by atoms with Crippen LogP contribution in [0.4, 0.5) is 29.2 Å². The summed E-state index contributed by atoms with van der Waals surface area (Å²) in [6.45, 7) is 3.10. The largest absolute Gasteiger partial charge is 0.425 e. The molecule has 0 N–H and O–H groups in total. The van der Waals surface area contributed by atoms with E-state index in [0.29, 0.717) is 47.1 Å². The lowest BCUT2D eigenvalue weighted by atomic mass is 10.0. The molecule has 32 heavy (non-hydrogen) atoms. The SMILES string of the molecule is O=c1nc(N2CC3CN(c4ccc(F)cc4)CC3C2)ncn1Cc1ccc(C(F)(F)F)s1. The highest BCUT2D eigenvalue weighted by molar-refractivity contribution is 7.12. The molecule has 0 spiro atoms. The van der Waals surface area contributed by atoms with Gasteiger partial charge in [0.25, 0.3) is 0 Å². The summed E-state index contributed by atoms with van der Waals surface area (Å²) < 4.78 is 52.7. The van der Waals surface area contributed by atoms with Gasteiger partial charge in [0.1, 0.15) is 17.0 Å². The van der Waals surface area contributed by atoms with Gasteiger partial charge in [0.05, 0.1) is 6.54 Å². The Morgan fingerprint density at radius 1 is 0.969 bits per heavy atom. The van der Waals surface area contributed by atoms with E-state index in [1.165, 1.54) is 29.1 Å². The fraction of sp³-hybridized carbons (Fsp3) is 0.381. The first-order valence-electron chi connectivity index (χ1n) is 10.1. The number of rotatable bonds is 4. The topological polar surface area (TPSA) is 54.3 Å². The molecule has 2 unspecified atom stereocenters. The van der Waals surface area contributed by atoms with Crippen LogP contribution in [0.5, 0.6) is 0 Å². The summed E-state index contributed by atoms with van der Waals surface area (Å²) in [4.78, 5) is 24.7. The van der Waals surface area contributed by atoms with Crippen LogP contribution in [0.15, 0.2) is 47.5 Å². The van der Waals surface area contributed by atoms with E-state index in [1.54, 1.807) is 12.1 Å². The first kappa shape index (κ1) is 20.9. The molecule has 6 nitrogen and oxygen atoms in total. The Kier molecular flexibility index (Phi) is 5.15. The summed E-state index contributed by atoms with van der Waals surface area (Å²) >= 11 is 0.607. The molecule has 2 atom stereocenters. The lowest BCUT2D eigenvalue weighted by molar-refractivity contribution is -0.134. The van der Waals surface area contributed by atoms with Crippen molar-refractivity contribution >= 4 is 23.0 Å². The third-order valence-electron chi connectivity index (χ3n) is 5.98. The van der Waals surface area contributed by atoms with Crippen molar-refractivity contribution in [1.82, 2.24) is 14.5 Å². The van der Waals surface area contributed by atoms with Crippen LogP contribution in [0.25, 0.3) is 0 Å². The molecule has 5 rings (SSSR count). The monoisotopic (exact) mass is 465 g/mol. The molecule has 0 radical (unpaired) electrons. The number of thiophene rings is 1. The Morgan fingerprint density at radius 3 is 2.22 bits per heavy atom. The Morgan fingerprint density at radius 2 is 1.62 bits per heavy atom. The van der Waals surface area contributed by atoms with Crippen LogP contribution < -0.4 is 15.5 Å². The van der Waals surface area contributed by atoms with Crippen LogP contribution in [-0.4, -0.2) is 40.7 Å². The van der Waals surface area contributed by atoms with E-state index in [4.69, 9.17) is 0 Å². The summed E-state index contributed by atoms with van der Waals surface area (Å²) in [6.07, 6.45) is -3.05. The standard InChI is InChI=1S/C21H19F4N5OS/c22-15-1-3-16(4-2-15)28-7-13-9-29(10-14(13)8-28)19-26-12-30(20(31)27-19)11-17-5-6-18(32-17)21(23,24)25/h1-6,12-14H,7-11H2. The number of halogens is 4. The molecule has 1 aromatic carbocycles. The second-order valence-electron chi connectivity index (χ2n) is 8.14. The summed E-state index contributed by atoms with van der Waals surface area (Å²) in [6, 6.07) is 8.85. The zero-order valence-electron chi connectivity index (χ0n) is 16.8. The molecule has 2 aliphatic rings. The maximum absolute atomic E-state index is 13.2. The Hall–Kier alpha value is -2.95. The molecular weight excluding hydrogens is 446 g/mol. The molecule has 2 saturated heterocycles. The third kappa shape index (κ3) is 4.08. The van der Waals surface area contributed by atoms with Crippen molar-refractivity contribution in [2.45, 2.75) is 12.7 Å². The van der Waals surface area contributed by atoms with E-state index in [1.807, 2.05) is 4.90 Å². The summed E-state index contributed by atoms with van der Waals surface area (Å²) in [5.74, 6) is 0.859. The molecule has 0 aliphatic carbocycles. The van der Waals surface area contributed by atoms with Crippen molar-refractivity contribution in [3.8, 4) is 0 Å². The zero-order valence-corrected chi connectivity index (χ0v) is 17.6. The number of anilines is 2. The molecule has 0 bridgehead atoms. The van der Waals surface area contributed by atoms with Crippen molar-refractivity contribution in [3.05, 3.63) is 68.8 Å². The van der Waals surface area contributed by atoms with E-state index in [2.05, 4.69) is 14.9 Å². The number of benzene rings is 1. The number of hydrogen-bond donors (Lipinski definition) is 0. The summed E-state index contributed by atoms with van der Waals surface area (Å²) in [5.41, 5.74) is 0.454. The van der Waals surface area contributed by atoms with Gasteiger partial charge in [0.2, 0.25) is 5.95 Å². The quantitative estimate of drug-likeness (QED) is 0.553. The second-order valence-corrected chi connectivity index (χ2v) is 9.31. The molecule has 11 heteroatoms. The van der Waals surface area contributed by atoms with Gasteiger partial charge in [0, 0.05) is 48.6 Å². The Bertz CT molecular complexity index is 1160. The van der Waals surface area contributed by atoms with Gasteiger partial charge in [-0.3, -0.25) is 4.57 Å². The van der Waals surface area contributed by atoms with Crippen LogP contribution >= 0.6 is 11.3 Å². The Labute approximate surface area is 184 Å². The minimum Gasteiger partial charge on any atom is -0.371 e. The first-order valence-corrected chi connectivity index (χ1v) is 10.9. The highest BCUT2D eigenvalue weighted by Crippen LogP contribution is 2.36. The fourth-order valence-corrected chi connectivity index (χ4v) is 5.29. The minimum atomic E-state index is -4.39. The van der Waals surface area contributed by atoms with Gasteiger partial charge >= 0.3 is 11.9 Å². The van der Waals surface area contributed by atoms with E-state index in [9.17, 15) is 22.4 Å². The Balaban J connectivity index is 1.23. The lowest BCUT2D eigenvalue weighted by Crippen LogP contribution is -2.32. The van der Waals surface area contributed by atoms with Gasteiger partial charge in [-0.15, -0.1) is 11.3 Å². The van der Waals surface area contributed by atoms with Gasteiger partial charge in [-0.2, -0.15) is 18.2 Å². The number of hydrogen-bond acceptors (Lipinski definition) is 6. The molecule has 2 aromatic heterocycles. The van der Waals surface area contributed by atoms with Crippen LogP contribution in [0, 0.1) is 17.7 Å². The molecule has 3 aromatic rings. The lowest BCUT2D eigenvalue weighted by Gasteiger charge is -2.23. The number of aromatic nitrogens is 3. The molecule has 0 saturated carbocycles. The smallest absolute Gasteiger partial charge is 0.371 e.